The fourth-order valence-electron chi connectivity index (χ4n) is 4.33. The standard InChI is InChI=1S/C26H29N3O5/c1-14(2)22(25-27-18-9-7-8-10-19(18)29(25)4)28-21(30)13-17-15(3)16-11-12-20(32-5)24(33-6)23(16)34-26(17)31/h7-12,14,22H,13H2,1-6H3,(H,28,30). The van der Waals surface area contributed by atoms with E-state index in [1.165, 1.54) is 14.2 Å². The smallest absolute Gasteiger partial charge is 0.340 e. The van der Waals surface area contributed by atoms with Gasteiger partial charge in [-0.2, -0.15) is 0 Å². The Hall–Kier alpha value is -3.81. The average Bonchev–Trinajstić information content (AvgIpc) is 3.15. The number of para-hydroxylation sites is 2. The van der Waals surface area contributed by atoms with Crippen LogP contribution in [0.4, 0.5) is 0 Å². The zero-order valence-electron chi connectivity index (χ0n) is 20.3. The van der Waals surface area contributed by atoms with Crippen LogP contribution < -0.4 is 20.4 Å². The minimum atomic E-state index is -0.574. The molecule has 8 heteroatoms. The van der Waals surface area contributed by atoms with E-state index in [-0.39, 0.29) is 24.3 Å². The molecule has 4 aromatic rings. The van der Waals surface area contributed by atoms with Crippen molar-refractivity contribution in [1.29, 1.82) is 0 Å². The third-order valence-electron chi connectivity index (χ3n) is 6.22. The van der Waals surface area contributed by atoms with Crippen molar-refractivity contribution in [3.63, 3.8) is 0 Å². The van der Waals surface area contributed by atoms with Crippen LogP contribution in [-0.2, 0) is 18.3 Å². The summed E-state index contributed by atoms with van der Waals surface area (Å²) < 4.78 is 18.3. The van der Waals surface area contributed by atoms with Crippen molar-refractivity contribution in [3.05, 3.63) is 63.8 Å². The summed E-state index contributed by atoms with van der Waals surface area (Å²) in [6.45, 7) is 5.86. The summed E-state index contributed by atoms with van der Waals surface area (Å²) in [5.74, 6) is 1.39. The minimum Gasteiger partial charge on any atom is -0.493 e. The molecule has 0 fully saturated rings. The zero-order valence-corrected chi connectivity index (χ0v) is 20.3. The molecule has 0 spiro atoms. The van der Waals surface area contributed by atoms with Gasteiger partial charge in [-0.05, 0) is 42.7 Å². The largest absolute Gasteiger partial charge is 0.493 e. The van der Waals surface area contributed by atoms with Crippen molar-refractivity contribution in [2.75, 3.05) is 14.2 Å². The number of nitrogens with one attached hydrogen (secondary N) is 1. The molecule has 0 aliphatic rings. The maximum Gasteiger partial charge on any atom is 0.340 e. The molecule has 1 atom stereocenters. The van der Waals surface area contributed by atoms with E-state index in [0.29, 0.717) is 33.6 Å². The quantitative estimate of drug-likeness (QED) is 0.415. The minimum absolute atomic E-state index is 0.0882. The normalized spacial score (nSPS) is 12.3. The number of carbonyl (C=O) groups excluding carboxylic acids is 1. The summed E-state index contributed by atoms with van der Waals surface area (Å²) >= 11 is 0. The van der Waals surface area contributed by atoms with E-state index >= 15 is 0 Å². The average molecular weight is 464 g/mol. The van der Waals surface area contributed by atoms with Crippen LogP contribution in [0.15, 0.2) is 45.6 Å². The first-order chi connectivity index (χ1) is 16.3. The second-order valence-electron chi connectivity index (χ2n) is 8.65. The van der Waals surface area contributed by atoms with Crippen molar-refractivity contribution in [2.24, 2.45) is 13.0 Å². The molecule has 34 heavy (non-hydrogen) atoms. The molecule has 1 unspecified atom stereocenters. The van der Waals surface area contributed by atoms with E-state index in [2.05, 4.69) is 5.32 Å². The number of imidazole rings is 1. The summed E-state index contributed by atoms with van der Waals surface area (Å²) in [6, 6.07) is 11.1. The molecular formula is C26H29N3O5. The summed E-state index contributed by atoms with van der Waals surface area (Å²) in [5, 5.41) is 3.77. The first kappa shape index (κ1) is 23.4. The molecule has 0 aliphatic heterocycles. The molecule has 2 aromatic carbocycles. The molecule has 0 radical (unpaired) electrons. The van der Waals surface area contributed by atoms with Crippen LogP contribution in [0, 0.1) is 12.8 Å². The Bertz CT molecular complexity index is 1430. The SMILES string of the molecule is COc1ccc2c(C)c(CC(=O)NC(c3nc4ccccc4n3C)C(C)C)c(=O)oc2c1OC. The molecule has 2 aromatic heterocycles. The highest BCUT2D eigenvalue weighted by molar-refractivity contribution is 5.90. The number of ether oxygens (including phenoxy) is 2. The lowest BCUT2D eigenvalue weighted by Gasteiger charge is -2.22. The number of nitrogens with zero attached hydrogens (tertiary/aromatic N) is 2. The van der Waals surface area contributed by atoms with Crippen LogP contribution in [-0.4, -0.2) is 29.7 Å². The molecule has 2 heterocycles. The molecular weight excluding hydrogens is 434 g/mol. The number of hydrogen-bond acceptors (Lipinski definition) is 6. The fraction of sp³-hybridized carbons (Fsp3) is 0.346. The molecule has 1 amide bonds. The van der Waals surface area contributed by atoms with Crippen molar-refractivity contribution in [2.45, 2.75) is 33.2 Å². The van der Waals surface area contributed by atoms with E-state index in [4.69, 9.17) is 18.9 Å². The lowest BCUT2D eigenvalue weighted by molar-refractivity contribution is -0.121. The van der Waals surface area contributed by atoms with Gasteiger partial charge >= 0.3 is 5.63 Å². The van der Waals surface area contributed by atoms with E-state index in [1.807, 2.05) is 49.7 Å². The number of hydrogen-bond donors (Lipinski definition) is 1. The maximum absolute atomic E-state index is 13.1. The highest BCUT2D eigenvalue weighted by Crippen LogP contribution is 2.36. The summed E-state index contributed by atoms with van der Waals surface area (Å²) in [4.78, 5) is 30.7. The molecule has 1 N–H and O–H groups in total. The number of aryl methyl sites for hydroxylation is 2. The van der Waals surface area contributed by atoms with Gasteiger partial charge in [-0.15, -0.1) is 0 Å². The Morgan fingerprint density at radius 2 is 1.88 bits per heavy atom. The number of benzene rings is 2. The third-order valence-corrected chi connectivity index (χ3v) is 6.22. The number of amides is 1. The van der Waals surface area contributed by atoms with Crippen molar-refractivity contribution in [1.82, 2.24) is 14.9 Å². The van der Waals surface area contributed by atoms with Crippen LogP contribution in [0.25, 0.3) is 22.0 Å². The number of fused-ring (bicyclic) bond motifs is 2. The lowest BCUT2D eigenvalue weighted by atomic mass is 10.0. The van der Waals surface area contributed by atoms with Crippen LogP contribution >= 0.6 is 0 Å². The van der Waals surface area contributed by atoms with Gasteiger partial charge in [0.25, 0.3) is 0 Å². The van der Waals surface area contributed by atoms with Gasteiger partial charge in [-0.3, -0.25) is 4.79 Å². The second-order valence-corrected chi connectivity index (χ2v) is 8.65. The van der Waals surface area contributed by atoms with Gasteiger partial charge in [0.2, 0.25) is 11.7 Å². The van der Waals surface area contributed by atoms with Gasteiger partial charge in [-0.1, -0.05) is 26.0 Å². The topological polar surface area (TPSA) is 95.6 Å². The predicted octanol–water partition coefficient (Wildman–Crippen LogP) is 4.06. The summed E-state index contributed by atoms with van der Waals surface area (Å²) in [6.07, 6.45) is -0.106. The number of methoxy groups -OCH3 is 2. The molecule has 4 rings (SSSR count). The highest BCUT2D eigenvalue weighted by Gasteiger charge is 2.25. The van der Waals surface area contributed by atoms with Gasteiger partial charge in [0, 0.05) is 12.4 Å². The Kier molecular flexibility index (Phi) is 6.32. The van der Waals surface area contributed by atoms with Crippen LogP contribution in [0.2, 0.25) is 0 Å². The Labute approximate surface area is 197 Å². The Morgan fingerprint density at radius 1 is 1.15 bits per heavy atom. The number of carbonyl (C=O) groups is 1. The van der Waals surface area contributed by atoms with Crippen LogP contribution in [0.5, 0.6) is 11.5 Å². The highest BCUT2D eigenvalue weighted by atomic mass is 16.5. The Balaban J connectivity index is 1.67. The van der Waals surface area contributed by atoms with Crippen molar-refractivity contribution in [3.8, 4) is 11.5 Å². The molecule has 0 saturated heterocycles. The predicted molar refractivity (Wildman–Crippen MR) is 130 cm³/mol. The monoisotopic (exact) mass is 463 g/mol. The molecule has 8 nitrogen and oxygen atoms in total. The van der Waals surface area contributed by atoms with Gasteiger partial charge in [0.05, 0.1) is 43.3 Å². The van der Waals surface area contributed by atoms with Crippen LogP contribution in [0.1, 0.15) is 36.8 Å². The van der Waals surface area contributed by atoms with E-state index < -0.39 is 5.63 Å². The molecule has 0 saturated carbocycles. The fourth-order valence-corrected chi connectivity index (χ4v) is 4.33. The molecule has 0 aliphatic carbocycles. The van der Waals surface area contributed by atoms with Gasteiger partial charge in [0.15, 0.2) is 11.3 Å². The van der Waals surface area contributed by atoms with Crippen molar-refractivity contribution >= 4 is 27.9 Å². The summed E-state index contributed by atoms with van der Waals surface area (Å²) in [5.41, 5.74) is 2.57. The van der Waals surface area contributed by atoms with Gasteiger partial charge in [-0.25, -0.2) is 9.78 Å². The van der Waals surface area contributed by atoms with Crippen LogP contribution in [0.3, 0.4) is 0 Å². The van der Waals surface area contributed by atoms with E-state index in [0.717, 1.165) is 16.9 Å². The number of rotatable bonds is 7. The van der Waals surface area contributed by atoms with E-state index in [9.17, 15) is 9.59 Å². The second kappa shape index (κ2) is 9.21. The molecule has 0 bridgehead atoms. The maximum atomic E-state index is 13.1. The number of aromatic nitrogens is 2. The lowest BCUT2D eigenvalue weighted by Crippen LogP contribution is -2.35. The Morgan fingerprint density at radius 3 is 2.53 bits per heavy atom. The first-order valence-electron chi connectivity index (χ1n) is 11.1. The van der Waals surface area contributed by atoms with Gasteiger partial charge in [0.1, 0.15) is 5.82 Å². The van der Waals surface area contributed by atoms with E-state index in [1.54, 1.807) is 19.1 Å². The van der Waals surface area contributed by atoms with Gasteiger partial charge < -0.3 is 23.8 Å². The first-order valence-corrected chi connectivity index (χ1v) is 11.1. The zero-order chi connectivity index (χ0) is 24.6. The molecule has 178 valence electrons. The third kappa shape index (κ3) is 4.00. The van der Waals surface area contributed by atoms with Crippen molar-refractivity contribution < 1.29 is 18.7 Å². The summed E-state index contributed by atoms with van der Waals surface area (Å²) in [7, 11) is 4.94.